The van der Waals surface area contributed by atoms with Crippen molar-refractivity contribution < 1.29 is 9.53 Å². The van der Waals surface area contributed by atoms with Crippen LogP contribution >= 0.6 is 0 Å². The standard InChI is InChI=1S/C18H22N4O3/c1-3-25-17(24)15-12-19-18(20-16(15)23)22-9-7-21(8-10-22)14-6-4-5-13(2)11-14/h4-6,11-12H,3,7-10H2,1-2H3,(H,19,20,23). The molecule has 2 aromatic rings. The van der Waals surface area contributed by atoms with Crippen LogP contribution in [0.25, 0.3) is 0 Å². The van der Waals surface area contributed by atoms with E-state index in [4.69, 9.17) is 4.74 Å². The average Bonchev–Trinajstić information content (AvgIpc) is 2.62. The molecule has 7 heteroatoms. The highest BCUT2D eigenvalue weighted by molar-refractivity contribution is 5.88. The van der Waals surface area contributed by atoms with Crippen molar-refractivity contribution in [1.29, 1.82) is 0 Å². The minimum Gasteiger partial charge on any atom is -0.462 e. The number of aromatic nitrogens is 2. The molecule has 1 N–H and O–H groups in total. The molecule has 0 aliphatic carbocycles. The van der Waals surface area contributed by atoms with Crippen molar-refractivity contribution in [3.05, 3.63) is 51.9 Å². The van der Waals surface area contributed by atoms with Gasteiger partial charge in [0.1, 0.15) is 5.56 Å². The van der Waals surface area contributed by atoms with Crippen molar-refractivity contribution in [2.45, 2.75) is 13.8 Å². The number of H-pyrrole nitrogens is 1. The Hall–Kier alpha value is -2.83. The molecule has 2 heterocycles. The van der Waals surface area contributed by atoms with E-state index in [1.807, 2.05) is 4.90 Å². The highest BCUT2D eigenvalue weighted by Crippen LogP contribution is 2.19. The second-order valence-electron chi connectivity index (χ2n) is 5.98. The lowest BCUT2D eigenvalue weighted by Crippen LogP contribution is -2.47. The molecule has 3 rings (SSSR count). The van der Waals surface area contributed by atoms with Gasteiger partial charge in [0.25, 0.3) is 5.56 Å². The summed E-state index contributed by atoms with van der Waals surface area (Å²) in [6.45, 7) is 7.17. The minimum atomic E-state index is -0.646. The highest BCUT2D eigenvalue weighted by atomic mass is 16.5. The largest absolute Gasteiger partial charge is 0.462 e. The molecule has 1 aromatic carbocycles. The predicted octanol–water partition coefficient (Wildman–Crippen LogP) is 1.58. The van der Waals surface area contributed by atoms with E-state index in [-0.39, 0.29) is 12.2 Å². The van der Waals surface area contributed by atoms with Gasteiger partial charge in [-0.25, -0.2) is 4.79 Å². The summed E-state index contributed by atoms with van der Waals surface area (Å²) < 4.78 is 4.85. The van der Waals surface area contributed by atoms with Gasteiger partial charge in [-0.2, -0.15) is 4.98 Å². The lowest BCUT2D eigenvalue weighted by molar-refractivity contribution is 0.0523. The van der Waals surface area contributed by atoms with Gasteiger partial charge < -0.3 is 19.5 Å². The van der Waals surface area contributed by atoms with Crippen LogP contribution in [0.15, 0.2) is 35.3 Å². The van der Waals surface area contributed by atoms with Crippen LogP contribution in [0, 0.1) is 6.92 Å². The molecule has 1 aliphatic heterocycles. The number of esters is 1. The van der Waals surface area contributed by atoms with Crippen LogP contribution in [0.4, 0.5) is 11.6 Å². The summed E-state index contributed by atoms with van der Waals surface area (Å²) in [7, 11) is 0. The number of nitrogens with zero attached hydrogens (tertiary/aromatic N) is 3. The maximum Gasteiger partial charge on any atom is 0.345 e. The van der Waals surface area contributed by atoms with Gasteiger partial charge in [-0.1, -0.05) is 12.1 Å². The number of hydrogen-bond donors (Lipinski definition) is 1. The van der Waals surface area contributed by atoms with Crippen molar-refractivity contribution in [2.75, 3.05) is 42.6 Å². The summed E-state index contributed by atoms with van der Waals surface area (Å²) in [6, 6.07) is 8.42. The summed E-state index contributed by atoms with van der Waals surface area (Å²) >= 11 is 0. The SMILES string of the molecule is CCOC(=O)c1c[nH]c(N2CCN(c3cccc(C)c3)CC2)nc1=O. The van der Waals surface area contributed by atoms with E-state index in [1.54, 1.807) is 6.92 Å². The van der Waals surface area contributed by atoms with E-state index in [2.05, 4.69) is 46.1 Å². The second-order valence-corrected chi connectivity index (χ2v) is 5.98. The molecule has 0 bridgehead atoms. The molecule has 25 heavy (non-hydrogen) atoms. The smallest absolute Gasteiger partial charge is 0.345 e. The predicted molar refractivity (Wildman–Crippen MR) is 96.4 cm³/mol. The monoisotopic (exact) mass is 342 g/mol. The number of nitrogens with one attached hydrogen (secondary N) is 1. The number of carbonyl (C=O) groups excluding carboxylic acids is 1. The Labute approximate surface area is 146 Å². The maximum atomic E-state index is 12.1. The van der Waals surface area contributed by atoms with Gasteiger partial charge in [0.2, 0.25) is 5.95 Å². The fourth-order valence-electron chi connectivity index (χ4n) is 2.91. The Kier molecular flexibility index (Phi) is 5.02. The third-order valence-corrected chi connectivity index (χ3v) is 4.22. The van der Waals surface area contributed by atoms with E-state index in [0.29, 0.717) is 5.95 Å². The molecule has 132 valence electrons. The molecule has 1 saturated heterocycles. The van der Waals surface area contributed by atoms with Crippen molar-refractivity contribution in [3.63, 3.8) is 0 Å². The third kappa shape index (κ3) is 3.81. The number of aryl methyl sites for hydroxylation is 1. The normalized spacial score (nSPS) is 14.5. The van der Waals surface area contributed by atoms with Gasteiger partial charge in [0.15, 0.2) is 0 Å². The van der Waals surface area contributed by atoms with Crippen molar-refractivity contribution in [3.8, 4) is 0 Å². The van der Waals surface area contributed by atoms with Crippen molar-refractivity contribution in [1.82, 2.24) is 9.97 Å². The van der Waals surface area contributed by atoms with E-state index in [1.165, 1.54) is 17.4 Å². The van der Waals surface area contributed by atoms with Crippen LogP contribution in [0.2, 0.25) is 0 Å². The maximum absolute atomic E-state index is 12.1. The van der Waals surface area contributed by atoms with Gasteiger partial charge >= 0.3 is 5.97 Å². The molecule has 0 saturated carbocycles. The number of benzene rings is 1. The molecule has 0 atom stereocenters. The molecule has 0 unspecified atom stereocenters. The first-order valence-corrected chi connectivity index (χ1v) is 8.42. The summed E-state index contributed by atoms with van der Waals surface area (Å²) in [5.74, 6) is -0.158. The second kappa shape index (κ2) is 7.38. The van der Waals surface area contributed by atoms with Crippen LogP contribution in [0.3, 0.4) is 0 Å². The van der Waals surface area contributed by atoms with Crippen molar-refractivity contribution >= 4 is 17.6 Å². The first-order valence-electron chi connectivity index (χ1n) is 8.42. The first-order chi connectivity index (χ1) is 12.1. The Morgan fingerprint density at radius 3 is 2.60 bits per heavy atom. The van der Waals surface area contributed by atoms with E-state index < -0.39 is 11.5 Å². The lowest BCUT2D eigenvalue weighted by atomic mass is 10.2. The van der Waals surface area contributed by atoms with Crippen LogP contribution in [0.5, 0.6) is 0 Å². The molecule has 1 aromatic heterocycles. The molecule has 0 amide bonds. The Balaban J connectivity index is 1.68. The quantitative estimate of drug-likeness (QED) is 0.850. The average molecular weight is 342 g/mol. The zero-order valence-electron chi connectivity index (χ0n) is 14.5. The zero-order valence-corrected chi connectivity index (χ0v) is 14.5. The van der Waals surface area contributed by atoms with Crippen LogP contribution in [-0.2, 0) is 4.74 Å². The Bertz CT molecular complexity index is 810. The number of hydrogen-bond acceptors (Lipinski definition) is 6. The molecule has 7 nitrogen and oxygen atoms in total. The Morgan fingerprint density at radius 1 is 1.24 bits per heavy atom. The van der Waals surface area contributed by atoms with Gasteiger partial charge in [0, 0.05) is 38.1 Å². The molecule has 0 spiro atoms. The summed E-state index contributed by atoms with van der Waals surface area (Å²) in [5.41, 5.74) is 1.82. The van der Waals surface area contributed by atoms with Gasteiger partial charge in [-0.05, 0) is 31.5 Å². The summed E-state index contributed by atoms with van der Waals surface area (Å²) in [5, 5.41) is 0. The summed E-state index contributed by atoms with van der Waals surface area (Å²) in [6.07, 6.45) is 1.38. The molecule has 1 fully saturated rings. The van der Waals surface area contributed by atoms with Crippen LogP contribution in [0.1, 0.15) is 22.8 Å². The lowest BCUT2D eigenvalue weighted by Gasteiger charge is -2.36. The molecule has 0 radical (unpaired) electrons. The number of piperazine rings is 1. The van der Waals surface area contributed by atoms with Gasteiger partial charge in [-0.15, -0.1) is 0 Å². The summed E-state index contributed by atoms with van der Waals surface area (Å²) in [4.78, 5) is 35.0. The van der Waals surface area contributed by atoms with E-state index >= 15 is 0 Å². The Morgan fingerprint density at radius 2 is 1.96 bits per heavy atom. The van der Waals surface area contributed by atoms with Gasteiger partial charge in [0.05, 0.1) is 6.61 Å². The molecular weight excluding hydrogens is 320 g/mol. The van der Waals surface area contributed by atoms with E-state index in [9.17, 15) is 9.59 Å². The molecule has 1 aliphatic rings. The third-order valence-electron chi connectivity index (χ3n) is 4.22. The first kappa shape index (κ1) is 17.0. The fraction of sp³-hybridized carbons (Fsp3) is 0.389. The number of ether oxygens (including phenoxy) is 1. The number of rotatable bonds is 4. The zero-order chi connectivity index (χ0) is 17.8. The molecular formula is C18H22N4O3. The van der Waals surface area contributed by atoms with E-state index in [0.717, 1.165) is 26.2 Å². The minimum absolute atomic E-state index is 0.0657. The van der Waals surface area contributed by atoms with Crippen LogP contribution in [-0.4, -0.2) is 48.7 Å². The van der Waals surface area contributed by atoms with Crippen LogP contribution < -0.4 is 15.4 Å². The highest BCUT2D eigenvalue weighted by Gasteiger charge is 2.21. The topological polar surface area (TPSA) is 78.5 Å². The number of anilines is 2. The fourth-order valence-corrected chi connectivity index (χ4v) is 2.91. The number of carbonyl (C=O) groups is 1. The van der Waals surface area contributed by atoms with Gasteiger partial charge in [-0.3, -0.25) is 4.79 Å². The van der Waals surface area contributed by atoms with Crippen molar-refractivity contribution in [2.24, 2.45) is 0 Å². The number of aromatic amines is 1.